The van der Waals surface area contributed by atoms with E-state index in [1.807, 2.05) is 38.2 Å². The van der Waals surface area contributed by atoms with Crippen molar-refractivity contribution < 1.29 is 9.59 Å². The number of carbonyl (C=O) groups is 2. The van der Waals surface area contributed by atoms with Gasteiger partial charge >= 0.3 is 0 Å². The van der Waals surface area contributed by atoms with Gasteiger partial charge in [-0.3, -0.25) is 19.4 Å². The van der Waals surface area contributed by atoms with Gasteiger partial charge in [0.1, 0.15) is 18.4 Å². The minimum absolute atomic E-state index is 0.0376. The van der Waals surface area contributed by atoms with Gasteiger partial charge in [0, 0.05) is 31.4 Å². The van der Waals surface area contributed by atoms with Gasteiger partial charge < -0.3 is 9.80 Å². The highest BCUT2D eigenvalue weighted by Crippen LogP contribution is 2.25. The number of hydrogen-bond acceptors (Lipinski definition) is 5. The third kappa shape index (κ3) is 4.24. The normalized spacial score (nSPS) is 17.1. The molecular weight excluding hydrogens is 382 g/mol. The number of hydrogen-bond donors (Lipinski definition) is 1. The number of rotatable bonds is 4. The maximum Gasteiger partial charge on any atom is 0.254 e. The Morgan fingerprint density at radius 1 is 1.17 bits per heavy atom. The molecule has 2 amide bonds. The Balaban J connectivity index is 1.59. The van der Waals surface area contributed by atoms with Crippen molar-refractivity contribution in [1.29, 1.82) is 0 Å². The summed E-state index contributed by atoms with van der Waals surface area (Å²) in [5.41, 5.74) is 1.62. The third-order valence-corrected chi connectivity index (χ3v) is 5.20. The molecule has 1 atom stereocenters. The molecule has 3 heterocycles. The lowest BCUT2D eigenvalue weighted by Crippen LogP contribution is -2.41. The van der Waals surface area contributed by atoms with E-state index < -0.39 is 6.04 Å². The van der Waals surface area contributed by atoms with Crippen LogP contribution in [0.25, 0.3) is 0 Å². The van der Waals surface area contributed by atoms with E-state index in [0.29, 0.717) is 43.3 Å². The van der Waals surface area contributed by atoms with E-state index in [2.05, 4.69) is 20.3 Å². The summed E-state index contributed by atoms with van der Waals surface area (Å²) in [6, 6.07) is 8.76. The molecule has 1 fully saturated rings. The second-order valence-corrected chi connectivity index (χ2v) is 7.57. The minimum atomic E-state index is -0.423. The van der Waals surface area contributed by atoms with Gasteiger partial charge in [0.15, 0.2) is 5.82 Å². The van der Waals surface area contributed by atoms with Gasteiger partial charge in [-0.2, -0.15) is 10.2 Å². The van der Waals surface area contributed by atoms with E-state index in [-0.39, 0.29) is 18.4 Å². The van der Waals surface area contributed by atoms with Crippen molar-refractivity contribution in [2.75, 3.05) is 19.6 Å². The van der Waals surface area contributed by atoms with Gasteiger partial charge in [0.25, 0.3) is 5.91 Å². The minimum Gasteiger partial charge on any atom is -0.338 e. The summed E-state index contributed by atoms with van der Waals surface area (Å²) in [5.74, 6) is 1.07. The van der Waals surface area contributed by atoms with Crippen molar-refractivity contribution in [1.82, 2.24) is 34.8 Å². The second kappa shape index (κ2) is 8.48. The average Bonchev–Trinajstić information content (AvgIpc) is 3.29. The SMILES string of the molecule is Cc1cnn(CC(=O)N2CCCN(C(=O)c3ccccc3)C(c3n[nH]c(C)n3)C2)c1. The summed E-state index contributed by atoms with van der Waals surface area (Å²) >= 11 is 0. The highest BCUT2D eigenvalue weighted by atomic mass is 16.2. The van der Waals surface area contributed by atoms with Crippen LogP contribution in [0.15, 0.2) is 42.7 Å². The van der Waals surface area contributed by atoms with E-state index in [9.17, 15) is 9.59 Å². The summed E-state index contributed by atoms with van der Waals surface area (Å²) in [6.45, 7) is 5.36. The van der Waals surface area contributed by atoms with Gasteiger partial charge in [0.2, 0.25) is 5.91 Å². The predicted octanol–water partition coefficient (Wildman–Crippen LogP) is 1.73. The highest BCUT2D eigenvalue weighted by Gasteiger charge is 2.34. The van der Waals surface area contributed by atoms with Gasteiger partial charge in [-0.25, -0.2) is 4.98 Å². The zero-order valence-corrected chi connectivity index (χ0v) is 17.2. The molecule has 0 radical (unpaired) electrons. The Morgan fingerprint density at radius 2 is 1.97 bits per heavy atom. The fourth-order valence-electron chi connectivity index (χ4n) is 3.72. The van der Waals surface area contributed by atoms with Crippen LogP contribution in [0, 0.1) is 13.8 Å². The van der Waals surface area contributed by atoms with Crippen molar-refractivity contribution in [3.8, 4) is 0 Å². The molecule has 3 aromatic rings. The monoisotopic (exact) mass is 407 g/mol. The third-order valence-electron chi connectivity index (χ3n) is 5.20. The van der Waals surface area contributed by atoms with Crippen LogP contribution in [-0.2, 0) is 11.3 Å². The Bertz CT molecular complexity index is 1030. The maximum absolute atomic E-state index is 13.3. The first-order valence-electron chi connectivity index (χ1n) is 10.0. The molecule has 0 aliphatic carbocycles. The van der Waals surface area contributed by atoms with E-state index in [0.717, 1.165) is 5.56 Å². The molecular formula is C21H25N7O2. The number of carbonyl (C=O) groups excluding carboxylic acids is 2. The number of aromatic nitrogens is 5. The Kier molecular flexibility index (Phi) is 5.60. The van der Waals surface area contributed by atoms with Crippen molar-refractivity contribution >= 4 is 11.8 Å². The lowest BCUT2D eigenvalue weighted by molar-refractivity contribution is -0.132. The number of aryl methyl sites for hydroxylation is 2. The summed E-state index contributed by atoms with van der Waals surface area (Å²) in [4.78, 5) is 34.3. The number of aromatic amines is 1. The van der Waals surface area contributed by atoms with Gasteiger partial charge in [0.05, 0.1) is 6.20 Å². The Hall–Kier alpha value is -3.49. The standard InChI is InChI=1S/C21H25N7O2/c1-15-11-22-27(12-15)14-19(29)26-9-6-10-28(21(30)17-7-4-3-5-8-17)18(13-26)20-23-16(2)24-25-20/h3-5,7-8,11-12,18H,6,9-10,13-14H2,1-2H3,(H,23,24,25). The zero-order valence-electron chi connectivity index (χ0n) is 17.2. The molecule has 0 spiro atoms. The van der Waals surface area contributed by atoms with Gasteiger partial charge in [-0.05, 0) is 38.0 Å². The van der Waals surface area contributed by atoms with Crippen LogP contribution in [0.3, 0.4) is 0 Å². The van der Waals surface area contributed by atoms with Crippen molar-refractivity contribution in [3.05, 3.63) is 65.5 Å². The second-order valence-electron chi connectivity index (χ2n) is 7.57. The van der Waals surface area contributed by atoms with E-state index in [1.165, 1.54) is 0 Å². The average molecular weight is 407 g/mol. The molecule has 1 aliphatic heterocycles. The largest absolute Gasteiger partial charge is 0.338 e. The first kappa shape index (κ1) is 19.8. The number of nitrogens with one attached hydrogen (secondary N) is 1. The zero-order chi connectivity index (χ0) is 21.1. The van der Waals surface area contributed by atoms with Crippen LogP contribution in [0.4, 0.5) is 0 Å². The molecule has 0 bridgehead atoms. The quantitative estimate of drug-likeness (QED) is 0.710. The molecule has 9 nitrogen and oxygen atoms in total. The fourth-order valence-corrected chi connectivity index (χ4v) is 3.72. The molecule has 1 aromatic carbocycles. The molecule has 2 aromatic heterocycles. The lowest BCUT2D eigenvalue weighted by atomic mass is 10.1. The van der Waals surface area contributed by atoms with Gasteiger partial charge in [-0.1, -0.05) is 18.2 Å². The van der Waals surface area contributed by atoms with E-state index in [4.69, 9.17) is 0 Å². The fraction of sp³-hybridized carbons (Fsp3) is 0.381. The Labute approximate surface area is 174 Å². The first-order valence-corrected chi connectivity index (χ1v) is 10.0. The molecule has 30 heavy (non-hydrogen) atoms. The number of H-pyrrole nitrogens is 1. The first-order chi connectivity index (χ1) is 14.5. The summed E-state index contributed by atoms with van der Waals surface area (Å²) in [6.07, 6.45) is 4.26. The lowest BCUT2D eigenvalue weighted by Gasteiger charge is -2.30. The van der Waals surface area contributed by atoms with E-state index >= 15 is 0 Å². The number of nitrogens with zero attached hydrogens (tertiary/aromatic N) is 6. The van der Waals surface area contributed by atoms with Crippen LogP contribution < -0.4 is 0 Å². The van der Waals surface area contributed by atoms with Crippen LogP contribution >= 0.6 is 0 Å². The molecule has 1 aliphatic rings. The van der Waals surface area contributed by atoms with Crippen LogP contribution in [-0.4, -0.2) is 66.2 Å². The molecule has 4 rings (SSSR count). The predicted molar refractivity (Wildman–Crippen MR) is 110 cm³/mol. The van der Waals surface area contributed by atoms with Crippen molar-refractivity contribution in [2.45, 2.75) is 32.9 Å². The number of benzene rings is 1. The van der Waals surface area contributed by atoms with E-state index in [1.54, 1.807) is 32.8 Å². The molecule has 9 heteroatoms. The maximum atomic E-state index is 13.3. The topological polar surface area (TPSA) is 100 Å². The van der Waals surface area contributed by atoms with Crippen molar-refractivity contribution in [2.24, 2.45) is 0 Å². The van der Waals surface area contributed by atoms with Crippen LogP contribution in [0.5, 0.6) is 0 Å². The summed E-state index contributed by atoms with van der Waals surface area (Å²) in [5, 5.41) is 11.4. The summed E-state index contributed by atoms with van der Waals surface area (Å²) < 4.78 is 1.64. The Morgan fingerprint density at radius 3 is 2.63 bits per heavy atom. The number of amides is 2. The smallest absolute Gasteiger partial charge is 0.254 e. The summed E-state index contributed by atoms with van der Waals surface area (Å²) in [7, 11) is 0. The molecule has 1 saturated heterocycles. The molecule has 1 unspecified atom stereocenters. The molecule has 0 saturated carbocycles. The van der Waals surface area contributed by atoms with Crippen molar-refractivity contribution in [3.63, 3.8) is 0 Å². The molecule has 1 N–H and O–H groups in total. The highest BCUT2D eigenvalue weighted by molar-refractivity contribution is 5.94. The molecule has 156 valence electrons. The van der Waals surface area contributed by atoms with Crippen LogP contribution in [0.2, 0.25) is 0 Å². The van der Waals surface area contributed by atoms with Crippen LogP contribution in [0.1, 0.15) is 40.0 Å². The van der Waals surface area contributed by atoms with Gasteiger partial charge in [-0.15, -0.1) is 0 Å².